The minimum atomic E-state index is -4.56. The maximum Gasteiger partial charge on any atom is 0.409 e. The Hall–Kier alpha value is -1.92. The number of carbonyl (C=O) groups is 1. The van der Waals surface area contributed by atoms with Crippen LogP contribution in [0.3, 0.4) is 0 Å². The second-order valence-electron chi connectivity index (χ2n) is 4.71. The first-order chi connectivity index (χ1) is 9.72. The van der Waals surface area contributed by atoms with Crippen LogP contribution in [0.15, 0.2) is 24.3 Å². The third-order valence-electron chi connectivity index (χ3n) is 2.56. The number of methoxy groups -OCH3 is 1. The van der Waals surface area contributed by atoms with Crippen molar-refractivity contribution >= 4 is 11.7 Å². The van der Waals surface area contributed by atoms with E-state index in [9.17, 15) is 18.0 Å². The molecular weight excluding hydrogens is 287 g/mol. The second kappa shape index (κ2) is 7.19. The van der Waals surface area contributed by atoms with E-state index in [1.54, 1.807) is 13.8 Å². The molecule has 0 amide bonds. The molecule has 1 N–H and O–H groups in total. The lowest BCUT2D eigenvalue weighted by Crippen LogP contribution is -2.38. The van der Waals surface area contributed by atoms with E-state index in [4.69, 9.17) is 9.47 Å². The molecule has 0 aliphatic heterocycles. The van der Waals surface area contributed by atoms with Crippen molar-refractivity contribution in [3.63, 3.8) is 0 Å². The van der Waals surface area contributed by atoms with Gasteiger partial charge in [0.1, 0.15) is 11.8 Å². The maximum absolute atomic E-state index is 13.0. The number of ether oxygens (including phenoxy) is 2. The molecule has 0 fully saturated rings. The van der Waals surface area contributed by atoms with E-state index in [0.29, 0.717) is 5.75 Å². The summed E-state index contributed by atoms with van der Waals surface area (Å²) < 4.78 is 48.5. The zero-order valence-corrected chi connectivity index (χ0v) is 12.0. The van der Waals surface area contributed by atoms with Crippen LogP contribution in [0.25, 0.3) is 0 Å². The Balaban J connectivity index is 2.76. The zero-order valence-electron chi connectivity index (χ0n) is 12.0. The number of hydrogen-bond acceptors (Lipinski definition) is 4. The summed E-state index contributed by atoms with van der Waals surface area (Å²) in [6.07, 6.45) is -5.80. The number of halogens is 3. The van der Waals surface area contributed by atoms with Gasteiger partial charge >= 0.3 is 12.1 Å². The molecule has 0 bridgehead atoms. The molecule has 1 atom stereocenters. The van der Waals surface area contributed by atoms with Crippen LogP contribution in [-0.2, 0) is 9.53 Å². The predicted octanol–water partition coefficient (Wildman–Crippen LogP) is 3.38. The van der Waals surface area contributed by atoms with Gasteiger partial charge in [0, 0.05) is 5.69 Å². The lowest BCUT2D eigenvalue weighted by molar-refractivity contribution is -0.163. The van der Waals surface area contributed by atoms with Crippen LogP contribution < -0.4 is 10.1 Å². The molecule has 0 saturated heterocycles. The Morgan fingerprint density at radius 1 is 1.24 bits per heavy atom. The van der Waals surface area contributed by atoms with E-state index in [1.165, 1.54) is 31.4 Å². The van der Waals surface area contributed by atoms with Gasteiger partial charge in [-0.3, -0.25) is 4.79 Å². The van der Waals surface area contributed by atoms with Gasteiger partial charge in [-0.2, -0.15) is 13.2 Å². The fourth-order valence-electron chi connectivity index (χ4n) is 1.61. The van der Waals surface area contributed by atoms with Crippen LogP contribution in [0.2, 0.25) is 0 Å². The third-order valence-corrected chi connectivity index (χ3v) is 2.56. The van der Waals surface area contributed by atoms with Crippen LogP contribution in [0, 0.1) is 0 Å². The van der Waals surface area contributed by atoms with Gasteiger partial charge in [0.2, 0.25) is 0 Å². The third kappa shape index (κ3) is 5.93. The molecule has 0 saturated carbocycles. The highest BCUT2D eigenvalue weighted by atomic mass is 19.4. The van der Waals surface area contributed by atoms with Crippen LogP contribution >= 0.6 is 0 Å². The molecule has 0 heterocycles. The first-order valence-corrected chi connectivity index (χ1v) is 6.39. The van der Waals surface area contributed by atoms with Gasteiger partial charge in [-0.1, -0.05) is 0 Å². The molecule has 118 valence electrons. The van der Waals surface area contributed by atoms with Gasteiger partial charge in [0.15, 0.2) is 0 Å². The van der Waals surface area contributed by atoms with Gasteiger partial charge < -0.3 is 14.8 Å². The van der Waals surface area contributed by atoms with E-state index in [0.717, 1.165) is 0 Å². The van der Waals surface area contributed by atoms with Gasteiger partial charge in [0.05, 0.1) is 19.6 Å². The minimum Gasteiger partial charge on any atom is -0.497 e. The molecular formula is C14H18F3NO3. The summed E-state index contributed by atoms with van der Waals surface area (Å²) in [4.78, 5) is 11.4. The Bertz CT molecular complexity index is 458. The summed E-state index contributed by atoms with van der Waals surface area (Å²) in [5.74, 6) is -0.364. The highest BCUT2D eigenvalue weighted by Gasteiger charge is 2.41. The van der Waals surface area contributed by atoms with Crippen molar-refractivity contribution < 1.29 is 27.4 Å². The van der Waals surface area contributed by atoms with E-state index in [2.05, 4.69) is 5.32 Å². The SMILES string of the molecule is COc1ccc(N[C@H](CC(=O)OC(C)C)C(F)(F)F)cc1. The number of carbonyl (C=O) groups excluding carboxylic acids is 1. The van der Waals surface area contributed by atoms with E-state index >= 15 is 0 Å². The van der Waals surface area contributed by atoms with Crippen LogP contribution in [0.4, 0.5) is 18.9 Å². The first kappa shape index (κ1) is 17.1. The number of anilines is 1. The molecule has 0 aromatic heterocycles. The smallest absolute Gasteiger partial charge is 0.409 e. The molecule has 1 aromatic carbocycles. The van der Waals surface area contributed by atoms with E-state index in [-0.39, 0.29) is 5.69 Å². The topological polar surface area (TPSA) is 47.6 Å². The average molecular weight is 305 g/mol. The lowest BCUT2D eigenvalue weighted by atomic mass is 10.1. The predicted molar refractivity (Wildman–Crippen MR) is 72.3 cm³/mol. The van der Waals surface area contributed by atoms with Crippen molar-refractivity contribution in [3.05, 3.63) is 24.3 Å². The van der Waals surface area contributed by atoms with Crippen molar-refractivity contribution in [1.29, 1.82) is 0 Å². The number of rotatable bonds is 6. The van der Waals surface area contributed by atoms with Crippen molar-refractivity contribution in [2.75, 3.05) is 12.4 Å². The highest BCUT2D eigenvalue weighted by Crippen LogP contribution is 2.27. The maximum atomic E-state index is 13.0. The second-order valence-corrected chi connectivity index (χ2v) is 4.71. The molecule has 1 aromatic rings. The summed E-state index contributed by atoms with van der Waals surface area (Å²) in [6.45, 7) is 3.16. The molecule has 0 aliphatic rings. The van der Waals surface area contributed by atoms with Crippen LogP contribution in [0.5, 0.6) is 5.75 Å². The standard InChI is InChI=1S/C14H18F3NO3/c1-9(2)21-13(19)8-12(14(15,16)17)18-10-4-6-11(20-3)7-5-10/h4-7,9,12,18H,8H2,1-3H3/t12-/m1/s1. The molecule has 0 aliphatic carbocycles. The Kier molecular flexibility index (Phi) is 5.87. The van der Waals surface area contributed by atoms with Crippen LogP contribution in [-0.4, -0.2) is 31.4 Å². The fourth-order valence-corrected chi connectivity index (χ4v) is 1.61. The normalized spacial score (nSPS) is 12.9. The first-order valence-electron chi connectivity index (χ1n) is 6.39. The number of nitrogens with one attached hydrogen (secondary N) is 1. The summed E-state index contributed by atoms with van der Waals surface area (Å²) in [6, 6.07) is 3.96. The van der Waals surface area contributed by atoms with Crippen molar-refractivity contribution in [2.24, 2.45) is 0 Å². The largest absolute Gasteiger partial charge is 0.497 e. The number of hydrogen-bond donors (Lipinski definition) is 1. The number of esters is 1. The Morgan fingerprint density at radius 2 is 1.81 bits per heavy atom. The Morgan fingerprint density at radius 3 is 2.24 bits per heavy atom. The lowest BCUT2D eigenvalue weighted by Gasteiger charge is -2.22. The zero-order chi connectivity index (χ0) is 16.0. The van der Waals surface area contributed by atoms with Gasteiger partial charge in [-0.05, 0) is 38.1 Å². The molecule has 7 heteroatoms. The number of alkyl halides is 3. The van der Waals surface area contributed by atoms with Gasteiger partial charge in [0.25, 0.3) is 0 Å². The molecule has 0 unspecified atom stereocenters. The van der Waals surface area contributed by atoms with E-state index < -0.39 is 30.7 Å². The van der Waals surface area contributed by atoms with Gasteiger partial charge in [-0.25, -0.2) is 0 Å². The van der Waals surface area contributed by atoms with Crippen molar-refractivity contribution in [2.45, 2.75) is 38.6 Å². The van der Waals surface area contributed by atoms with E-state index in [1.807, 2.05) is 0 Å². The molecule has 0 radical (unpaired) electrons. The molecule has 21 heavy (non-hydrogen) atoms. The summed E-state index contributed by atoms with van der Waals surface area (Å²) in [5.41, 5.74) is 0.246. The monoisotopic (exact) mass is 305 g/mol. The molecule has 4 nitrogen and oxygen atoms in total. The minimum absolute atomic E-state index is 0.246. The number of benzene rings is 1. The Labute approximate surface area is 121 Å². The fraction of sp³-hybridized carbons (Fsp3) is 0.500. The average Bonchev–Trinajstić information content (AvgIpc) is 2.36. The summed E-state index contributed by atoms with van der Waals surface area (Å²) in [7, 11) is 1.46. The molecule has 0 spiro atoms. The summed E-state index contributed by atoms with van der Waals surface area (Å²) in [5, 5.41) is 2.29. The summed E-state index contributed by atoms with van der Waals surface area (Å²) >= 11 is 0. The highest BCUT2D eigenvalue weighted by molar-refractivity contribution is 5.71. The van der Waals surface area contributed by atoms with Crippen molar-refractivity contribution in [3.8, 4) is 5.75 Å². The van der Waals surface area contributed by atoms with Gasteiger partial charge in [-0.15, -0.1) is 0 Å². The van der Waals surface area contributed by atoms with Crippen LogP contribution in [0.1, 0.15) is 20.3 Å². The quantitative estimate of drug-likeness (QED) is 0.819. The molecule has 1 rings (SSSR count). The van der Waals surface area contributed by atoms with Crippen molar-refractivity contribution in [1.82, 2.24) is 0 Å².